The number of nitrogens with one attached hydrogen (secondary N) is 1. The Balaban J connectivity index is 0.000000209. The first-order chi connectivity index (χ1) is 11.3. The predicted octanol–water partition coefficient (Wildman–Crippen LogP) is 6.50. The van der Waals surface area contributed by atoms with Gasteiger partial charge in [-0.05, 0) is 23.3 Å². The van der Waals surface area contributed by atoms with E-state index in [0.717, 1.165) is 5.69 Å². The molecule has 23 heavy (non-hydrogen) atoms. The summed E-state index contributed by atoms with van der Waals surface area (Å²) in [6.45, 7) is 4.25. The summed E-state index contributed by atoms with van der Waals surface area (Å²) in [7, 11) is 1.91. The fraction of sp³-hybridized carbons (Fsp3) is 0.182. The molecule has 0 spiro atoms. The van der Waals surface area contributed by atoms with Crippen LogP contribution in [0.5, 0.6) is 0 Å². The molecule has 0 saturated heterocycles. The molecule has 0 amide bonds. The van der Waals surface area contributed by atoms with Gasteiger partial charge in [0, 0.05) is 12.7 Å². The smallest absolute Gasteiger partial charge is 0.0337 e. The Kier molecular flexibility index (Phi) is 9.70. The summed E-state index contributed by atoms with van der Waals surface area (Å²) < 4.78 is 0. The number of benzene rings is 3. The van der Waals surface area contributed by atoms with Gasteiger partial charge in [0.25, 0.3) is 0 Å². The van der Waals surface area contributed by atoms with Crippen LogP contribution in [0.2, 0.25) is 0 Å². The van der Waals surface area contributed by atoms with Crippen molar-refractivity contribution in [2.75, 3.05) is 12.4 Å². The van der Waals surface area contributed by atoms with E-state index in [1.165, 1.54) is 17.5 Å². The van der Waals surface area contributed by atoms with Crippen molar-refractivity contribution in [3.05, 3.63) is 91.0 Å². The van der Waals surface area contributed by atoms with Crippen LogP contribution in [0.15, 0.2) is 91.0 Å². The second kappa shape index (κ2) is 12.0. The van der Waals surface area contributed by atoms with Crippen LogP contribution in [0.1, 0.15) is 20.3 Å². The summed E-state index contributed by atoms with van der Waals surface area (Å²) in [5, 5.41) is 3.03. The topological polar surface area (TPSA) is 12.0 Å². The molecule has 3 rings (SSSR count). The molecule has 0 fully saturated rings. The normalized spacial score (nSPS) is 8.83. The van der Waals surface area contributed by atoms with E-state index in [4.69, 9.17) is 0 Å². The van der Waals surface area contributed by atoms with Crippen molar-refractivity contribution < 1.29 is 0 Å². The van der Waals surface area contributed by atoms with Crippen LogP contribution in [0.25, 0.3) is 11.1 Å². The van der Waals surface area contributed by atoms with Gasteiger partial charge >= 0.3 is 0 Å². The maximum Gasteiger partial charge on any atom is 0.0337 e. The van der Waals surface area contributed by atoms with Gasteiger partial charge in [-0.2, -0.15) is 0 Å². The first-order valence-corrected chi connectivity index (χ1v) is 8.15. The summed E-state index contributed by atoms with van der Waals surface area (Å²) in [4.78, 5) is 0. The maximum absolute atomic E-state index is 3.03. The molecule has 3 aromatic carbocycles. The Bertz CT molecular complexity index is 566. The van der Waals surface area contributed by atoms with Crippen LogP contribution in [0, 0.1) is 0 Å². The number of hydrogen-bond donors (Lipinski definition) is 1. The molecule has 120 valence electrons. The van der Waals surface area contributed by atoms with Crippen LogP contribution in [0.3, 0.4) is 0 Å². The number of anilines is 1. The zero-order chi connectivity index (χ0) is 16.8. The molecule has 0 atom stereocenters. The van der Waals surface area contributed by atoms with Gasteiger partial charge in [0.05, 0.1) is 0 Å². The van der Waals surface area contributed by atoms with Crippen molar-refractivity contribution in [1.29, 1.82) is 0 Å². The molecular weight excluding hydrogens is 278 g/mol. The number of hydrogen-bond acceptors (Lipinski definition) is 1. The number of rotatable bonds is 2. The van der Waals surface area contributed by atoms with Crippen molar-refractivity contribution in [1.82, 2.24) is 0 Å². The first-order valence-electron chi connectivity index (χ1n) is 8.15. The van der Waals surface area contributed by atoms with Crippen molar-refractivity contribution in [2.24, 2.45) is 0 Å². The zero-order valence-electron chi connectivity index (χ0n) is 14.4. The molecule has 0 radical (unpaired) electrons. The van der Waals surface area contributed by atoms with E-state index in [-0.39, 0.29) is 0 Å². The summed E-state index contributed by atoms with van der Waals surface area (Å²) in [6.07, 6.45) is 1.25. The third-order valence-electron chi connectivity index (χ3n) is 2.94. The molecule has 0 aliphatic carbocycles. The summed E-state index contributed by atoms with van der Waals surface area (Å²) >= 11 is 0. The summed E-state index contributed by atoms with van der Waals surface area (Å²) in [5.41, 5.74) is 3.71. The number of para-hydroxylation sites is 1. The van der Waals surface area contributed by atoms with Crippen LogP contribution < -0.4 is 5.32 Å². The van der Waals surface area contributed by atoms with Gasteiger partial charge in [0.2, 0.25) is 0 Å². The highest BCUT2D eigenvalue weighted by Gasteiger charge is 1.91. The van der Waals surface area contributed by atoms with E-state index in [2.05, 4.69) is 67.7 Å². The zero-order valence-corrected chi connectivity index (χ0v) is 14.4. The minimum absolute atomic E-state index is 1.16. The molecule has 0 bridgehead atoms. The van der Waals surface area contributed by atoms with Crippen LogP contribution in [0.4, 0.5) is 5.69 Å². The second-order valence-corrected chi connectivity index (χ2v) is 5.06. The van der Waals surface area contributed by atoms with Gasteiger partial charge in [-0.3, -0.25) is 0 Å². The van der Waals surface area contributed by atoms with Crippen molar-refractivity contribution in [2.45, 2.75) is 20.3 Å². The Morgan fingerprint density at radius 1 is 0.565 bits per heavy atom. The molecular formula is C22H27N. The maximum atomic E-state index is 3.03. The lowest BCUT2D eigenvalue weighted by Crippen LogP contribution is -1.84. The molecule has 0 heterocycles. The Morgan fingerprint density at radius 2 is 0.870 bits per heavy atom. The monoisotopic (exact) mass is 305 g/mol. The van der Waals surface area contributed by atoms with E-state index < -0.39 is 0 Å². The second-order valence-electron chi connectivity index (χ2n) is 5.06. The Labute approximate surface area is 141 Å². The Morgan fingerprint density at radius 3 is 1.13 bits per heavy atom. The van der Waals surface area contributed by atoms with Gasteiger partial charge in [0.15, 0.2) is 0 Å². The SMILES string of the molecule is CCC.CNc1ccccc1.c1ccc(-c2ccccc2)cc1. The van der Waals surface area contributed by atoms with E-state index in [0.29, 0.717) is 0 Å². The van der Waals surface area contributed by atoms with E-state index in [1.54, 1.807) is 0 Å². The average molecular weight is 305 g/mol. The molecule has 0 aliphatic rings. The van der Waals surface area contributed by atoms with E-state index >= 15 is 0 Å². The molecule has 0 aromatic heterocycles. The van der Waals surface area contributed by atoms with Crippen LogP contribution in [-0.2, 0) is 0 Å². The van der Waals surface area contributed by atoms with Gasteiger partial charge in [-0.25, -0.2) is 0 Å². The van der Waals surface area contributed by atoms with E-state index in [9.17, 15) is 0 Å². The van der Waals surface area contributed by atoms with Gasteiger partial charge in [-0.1, -0.05) is 99.1 Å². The predicted molar refractivity (Wildman–Crippen MR) is 104 cm³/mol. The third kappa shape index (κ3) is 7.87. The lowest BCUT2D eigenvalue weighted by molar-refractivity contribution is 1.09. The van der Waals surface area contributed by atoms with Gasteiger partial charge in [-0.15, -0.1) is 0 Å². The molecule has 0 saturated carbocycles. The average Bonchev–Trinajstić information content (AvgIpc) is 2.65. The molecule has 3 aromatic rings. The summed E-state index contributed by atoms with van der Waals surface area (Å²) in [6, 6.07) is 30.8. The molecule has 0 unspecified atom stereocenters. The standard InChI is InChI=1S/C12H10.C7H9N.C3H8/c1-3-7-11(8-4-1)12-9-5-2-6-10-12;1-8-7-5-3-2-4-6-7;1-3-2/h1-10H;2-6,8H,1H3;3H2,1-2H3. The van der Waals surface area contributed by atoms with Crippen LogP contribution >= 0.6 is 0 Å². The highest BCUT2D eigenvalue weighted by atomic mass is 14.8. The third-order valence-corrected chi connectivity index (χ3v) is 2.94. The van der Waals surface area contributed by atoms with E-state index in [1.807, 2.05) is 49.5 Å². The highest BCUT2D eigenvalue weighted by Crippen LogP contribution is 2.17. The van der Waals surface area contributed by atoms with Crippen LogP contribution in [-0.4, -0.2) is 7.05 Å². The first kappa shape index (κ1) is 18.5. The lowest BCUT2D eigenvalue weighted by atomic mass is 10.1. The quantitative estimate of drug-likeness (QED) is 0.570. The fourth-order valence-electron chi connectivity index (χ4n) is 1.87. The largest absolute Gasteiger partial charge is 0.388 e. The van der Waals surface area contributed by atoms with Crippen molar-refractivity contribution >= 4 is 5.69 Å². The molecule has 1 heteroatoms. The molecule has 1 nitrogen and oxygen atoms in total. The molecule has 0 aliphatic heterocycles. The Hall–Kier alpha value is -2.54. The van der Waals surface area contributed by atoms with Crippen molar-refractivity contribution in [3.63, 3.8) is 0 Å². The fourth-order valence-corrected chi connectivity index (χ4v) is 1.87. The lowest BCUT2D eigenvalue weighted by Gasteiger charge is -1.98. The van der Waals surface area contributed by atoms with Gasteiger partial charge in [0.1, 0.15) is 0 Å². The highest BCUT2D eigenvalue weighted by molar-refractivity contribution is 5.62. The molecule has 1 N–H and O–H groups in total. The van der Waals surface area contributed by atoms with Crippen molar-refractivity contribution in [3.8, 4) is 11.1 Å². The minimum atomic E-state index is 1.16. The minimum Gasteiger partial charge on any atom is -0.388 e. The van der Waals surface area contributed by atoms with Gasteiger partial charge < -0.3 is 5.32 Å². The summed E-state index contributed by atoms with van der Waals surface area (Å²) in [5.74, 6) is 0.